The second-order valence-electron chi connectivity index (χ2n) is 4.97. The number of rotatable bonds is 6. The fraction of sp³-hybridized carbons (Fsp3) is 0.900. The van der Waals surface area contributed by atoms with Gasteiger partial charge in [0.25, 0.3) is 0 Å². The van der Waals surface area contributed by atoms with Gasteiger partial charge in [-0.05, 0) is 20.8 Å². The summed E-state index contributed by atoms with van der Waals surface area (Å²) in [6, 6.07) is -0.784. The third-order valence-corrected chi connectivity index (χ3v) is 2.67. The highest BCUT2D eigenvalue weighted by molar-refractivity contribution is 7.90. The topological polar surface area (TPSA) is 98.5 Å². The molecule has 0 radical (unpaired) electrons. The molecule has 0 rings (SSSR count). The standard InChI is InChI=1S/C10H22N2O4S/c1-10(2,3)16-9(13)8(11)7-12-5-6-17(4,14)15/h8,12H,5-7,11H2,1-4H3. The van der Waals surface area contributed by atoms with E-state index in [9.17, 15) is 13.2 Å². The molecule has 102 valence electrons. The number of sulfone groups is 1. The van der Waals surface area contributed by atoms with Crippen LogP contribution in [0.5, 0.6) is 0 Å². The van der Waals surface area contributed by atoms with Gasteiger partial charge in [-0.3, -0.25) is 4.79 Å². The molecule has 0 spiro atoms. The first-order chi connectivity index (χ1) is 7.51. The van der Waals surface area contributed by atoms with Crippen molar-refractivity contribution >= 4 is 15.8 Å². The van der Waals surface area contributed by atoms with Crippen molar-refractivity contribution < 1.29 is 17.9 Å². The summed E-state index contributed by atoms with van der Waals surface area (Å²) in [5.74, 6) is -0.474. The van der Waals surface area contributed by atoms with E-state index in [-0.39, 0.29) is 18.8 Å². The molecule has 0 amide bonds. The Morgan fingerprint density at radius 1 is 1.41 bits per heavy atom. The highest BCUT2D eigenvalue weighted by Crippen LogP contribution is 2.07. The van der Waals surface area contributed by atoms with E-state index in [0.29, 0.717) is 0 Å². The van der Waals surface area contributed by atoms with E-state index in [1.807, 2.05) is 0 Å². The second kappa shape index (κ2) is 6.32. The van der Waals surface area contributed by atoms with Crippen LogP contribution >= 0.6 is 0 Å². The molecule has 1 unspecified atom stereocenters. The molecule has 0 saturated heterocycles. The van der Waals surface area contributed by atoms with Gasteiger partial charge in [0.1, 0.15) is 21.5 Å². The fourth-order valence-electron chi connectivity index (χ4n) is 0.976. The van der Waals surface area contributed by atoms with Gasteiger partial charge in [0, 0.05) is 19.3 Å². The molecule has 0 heterocycles. The summed E-state index contributed by atoms with van der Waals surface area (Å²) in [5.41, 5.74) is 5.02. The molecule has 6 nitrogen and oxygen atoms in total. The molecule has 0 aromatic carbocycles. The summed E-state index contributed by atoms with van der Waals surface area (Å²) >= 11 is 0. The SMILES string of the molecule is CC(C)(C)OC(=O)C(N)CNCCS(C)(=O)=O. The fourth-order valence-corrected chi connectivity index (χ4v) is 1.49. The van der Waals surface area contributed by atoms with Crippen LogP contribution in [-0.2, 0) is 19.4 Å². The summed E-state index contributed by atoms with van der Waals surface area (Å²) < 4.78 is 26.7. The molecule has 0 aliphatic carbocycles. The first-order valence-corrected chi connectivity index (χ1v) is 7.44. The predicted molar refractivity (Wildman–Crippen MR) is 66.4 cm³/mol. The van der Waals surface area contributed by atoms with Gasteiger partial charge < -0.3 is 15.8 Å². The van der Waals surface area contributed by atoms with Crippen LogP contribution in [0.25, 0.3) is 0 Å². The van der Waals surface area contributed by atoms with Crippen LogP contribution in [0.2, 0.25) is 0 Å². The zero-order valence-electron chi connectivity index (χ0n) is 10.8. The maximum absolute atomic E-state index is 11.4. The molecule has 0 aliphatic heterocycles. The molecule has 0 aromatic rings. The van der Waals surface area contributed by atoms with Crippen molar-refractivity contribution in [2.24, 2.45) is 5.73 Å². The van der Waals surface area contributed by atoms with Gasteiger partial charge in [-0.15, -0.1) is 0 Å². The largest absolute Gasteiger partial charge is 0.459 e. The van der Waals surface area contributed by atoms with Gasteiger partial charge >= 0.3 is 5.97 Å². The van der Waals surface area contributed by atoms with Crippen LogP contribution in [0.1, 0.15) is 20.8 Å². The summed E-state index contributed by atoms with van der Waals surface area (Å²) in [6.45, 7) is 5.75. The maximum Gasteiger partial charge on any atom is 0.324 e. The van der Waals surface area contributed by atoms with Gasteiger partial charge in [0.15, 0.2) is 0 Å². The Balaban J connectivity index is 3.87. The Hall–Kier alpha value is -0.660. The monoisotopic (exact) mass is 266 g/mol. The second-order valence-corrected chi connectivity index (χ2v) is 7.23. The Bertz CT molecular complexity index is 346. The summed E-state index contributed by atoms with van der Waals surface area (Å²) in [7, 11) is -2.99. The van der Waals surface area contributed by atoms with Gasteiger partial charge in [-0.2, -0.15) is 0 Å². The van der Waals surface area contributed by atoms with Crippen LogP contribution in [0.3, 0.4) is 0 Å². The highest BCUT2D eigenvalue weighted by atomic mass is 32.2. The van der Waals surface area contributed by atoms with Crippen LogP contribution in [0.15, 0.2) is 0 Å². The molecular weight excluding hydrogens is 244 g/mol. The van der Waals surface area contributed by atoms with Crippen molar-refractivity contribution in [3.63, 3.8) is 0 Å². The summed E-state index contributed by atoms with van der Waals surface area (Å²) in [4.78, 5) is 11.4. The molecule has 17 heavy (non-hydrogen) atoms. The summed E-state index contributed by atoms with van der Waals surface area (Å²) in [6.07, 6.45) is 1.16. The minimum absolute atomic E-state index is 0.0219. The average Bonchev–Trinajstić information content (AvgIpc) is 2.07. The normalized spacial score (nSPS) is 14.4. The number of nitrogens with two attached hydrogens (primary N) is 1. The van der Waals surface area contributed by atoms with Crippen molar-refractivity contribution in [2.45, 2.75) is 32.4 Å². The lowest BCUT2D eigenvalue weighted by Crippen LogP contribution is -2.44. The van der Waals surface area contributed by atoms with Crippen LogP contribution in [-0.4, -0.2) is 51.1 Å². The Kier molecular flexibility index (Phi) is 6.08. The molecule has 0 aromatic heterocycles. The van der Waals surface area contributed by atoms with Gasteiger partial charge in [0.05, 0.1) is 5.75 Å². The Labute approximate surface area is 103 Å². The van der Waals surface area contributed by atoms with Gasteiger partial charge in [-0.1, -0.05) is 0 Å². The van der Waals surface area contributed by atoms with Crippen LogP contribution in [0, 0.1) is 0 Å². The van der Waals surface area contributed by atoms with Gasteiger partial charge in [-0.25, -0.2) is 8.42 Å². The van der Waals surface area contributed by atoms with E-state index >= 15 is 0 Å². The minimum Gasteiger partial charge on any atom is -0.459 e. The van der Waals surface area contributed by atoms with Crippen LogP contribution < -0.4 is 11.1 Å². The smallest absolute Gasteiger partial charge is 0.324 e. The Morgan fingerprint density at radius 2 is 1.94 bits per heavy atom. The van der Waals surface area contributed by atoms with Crippen molar-refractivity contribution in [2.75, 3.05) is 25.1 Å². The van der Waals surface area contributed by atoms with Gasteiger partial charge in [0.2, 0.25) is 0 Å². The van der Waals surface area contributed by atoms with Crippen molar-refractivity contribution in [3.8, 4) is 0 Å². The van der Waals surface area contributed by atoms with Crippen molar-refractivity contribution in [1.29, 1.82) is 0 Å². The third kappa shape index (κ3) is 10.2. The number of carbonyl (C=O) groups is 1. The van der Waals surface area contributed by atoms with E-state index in [1.54, 1.807) is 20.8 Å². The lowest BCUT2D eigenvalue weighted by molar-refractivity contribution is -0.156. The first kappa shape index (κ1) is 16.3. The van der Waals surface area contributed by atoms with Crippen molar-refractivity contribution in [1.82, 2.24) is 5.32 Å². The van der Waals surface area contributed by atoms with Crippen molar-refractivity contribution in [3.05, 3.63) is 0 Å². The molecule has 3 N–H and O–H groups in total. The number of esters is 1. The lowest BCUT2D eigenvalue weighted by Gasteiger charge is -2.22. The zero-order valence-corrected chi connectivity index (χ0v) is 11.6. The summed E-state index contributed by atoms with van der Waals surface area (Å²) in [5, 5.41) is 2.80. The number of hydrogen-bond donors (Lipinski definition) is 2. The van der Waals surface area contributed by atoms with E-state index < -0.39 is 27.4 Å². The Morgan fingerprint density at radius 3 is 2.35 bits per heavy atom. The average molecular weight is 266 g/mol. The third-order valence-electron chi connectivity index (χ3n) is 1.72. The van der Waals surface area contributed by atoms with E-state index in [1.165, 1.54) is 0 Å². The predicted octanol–water partition coefficient (Wildman–Crippen LogP) is -0.710. The number of ether oxygens (including phenoxy) is 1. The maximum atomic E-state index is 11.4. The molecular formula is C10H22N2O4S. The zero-order chi connectivity index (χ0) is 13.7. The minimum atomic E-state index is -2.99. The quantitative estimate of drug-likeness (QED) is 0.487. The van der Waals surface area contributed by atoms with E-state index in [2.05, 4.69) is 5.32 Å². The molecule has 0 aliphatic rings. The lowest BCUT2D eigenvalue weighted by atomic mass is 10.2. The number of hydrogen-bond acceptors (Lipinski definition) is 6. The molecule has 7 heteroatoms. The molecule has 0 fully saturated rings. The first-order valence-electron chi connectivity index (χ1n) is 5.38. The number of carbonyl (C=O) groups excluding carboxylic acids is 1. The molecule has 1 atom stereocenters. The number of nitrogens with one attached hydrogen (secondary N) is 1. The van der Waals surface area contributed by atoms with Crippen LogP contribution in [0.4, 0.5) is 0 Å². The van der Waals surface area contributed by atoms with E-state index in [4.69, 9.17) is 10.5 Å². The highest BCUT2D eigenvalue weighted by Gasteiger charge is 2.21. The molecule has 0 saturated carbocycles. The molecule has 0 bridgehead atoms. The van der Waals surface area contributed by atoms with E-state index in [0.717, 1.165) is 6.26 Å².